The first-order valence-electron chi connectivity index (χ1n) is 7.34. The molecule has 0 bridgehead atoms. The second-order valence-corrected chi connectivity index (χ2v) is 4.98. The van der Waals surface area contributed by atoms with Crippen molar-refractivity contribution in [1.82, 2.24) is 5.32 Å². The summed E-state index contributed by atoms with van der Waals surface area (Å²) < 4.78 is 0. The molecule has 0 aliphatic rings. The topological polar surface area (TPSA) is 82.0 Å². The van der Waals surface area contributed by atoms with Crippen LogP contribution >= 0.6 is 0 Å². The van der Waals surface area contributed by atoms with Crippen molar-refractivity contribution < 1.29 is 9.59 Å². The maximum absolute atomic E-state index is 12.1. The number of carbonyl (C=O) groups excluding carboxylic acids is 2. The molecule has 0 aromatic heterocycles. The van der Waals surface area contributed by atoms with Gasteiger partial charge in [0.1, 0.15) is 0 Å². The standard InChI is InChI=1S/C18H17N3O2/c1-2-11-20-17(22)14-5-7-15(8-6-14)18(23)21-16-9-3-13(12-19)4-10-16/h3-10H,2,11H2,1H3,(H,20,22)(H,21,23). The van der Waals surface area contributed by atoms with Crippen LogP contribution < -0.4 is 10.6 Å². The Bertz CT molecular complexity index is 728. The lowest BCUT2D eigenvalue weighted by molar-refractivity contribution is 0.0951. The van der Waals surface area contributed by atoms with E-state index in [4.69, 9.17) is 5.26 Å². The minimum absolute atomic E-state index is 0.147. The van der Waals surface area contributed by atoms with Crippen molar-refractivity contribution in [2.45, 2.75) is 13.3 Å². The zero-order chi connectivity index (χ0) is 16.7. The van der Waals surface area contributed by atoms with E-state index in [0.717, 1.165) is 6.42 Å². The number of benzene rings is 2. The summed E-state index contributed by atoms with van der Waals surface area (Å²) in [5, 5.41) is 14.3. The van der Waals surface area contributed by atoms with Crippen LogP contribution in [0.15, 0.2) is 48.5 Å². The fourth-order valence-electron chi connectivity index (χ4n) is 1.94. The molecule has 0 spiro atoms. The van der Waals surface area contributed by atoms with E-state index in [-0.39, 0.29) is 11.8 Å². The molecule has 23 heavy (non-hydrogen) atoms. The number of amides is 2. The van der Waals surface area contributed by atoms with Gasteiger partial charge < -0.3 is 10.6 Å². The third kappa shape index (κ3) is 4.42. The first-order valence-corrected chi connectivity index (χ1v) is 7.34. The Morgan fingerprint density at radius 2 is 1.52 bits per heavy atom. The number of carbonyl (C=O) groups is 2. The third-order valence-electron chi connectivity index (χ3n) is 3.22. The molecule has 2 aromatic rings. The van der Waals surface area contributed by atoms with Crippen molar-refractivity contribution in [3.63, 3.8) is 0 Å². The minimum atomic E-state index is -0.268. The highest BCUT2D eigenvalue weighted by Crippen LogP contribution is 2.12. The SMILES string of the molecule is CCCNC(=O)c1ccc(C(=O)Nc2ccc(C#N)cc2)cc1. The van der Waals surface area contributed by atoms with Crippen molar-refractivity contribution in [3.05, 3.63) is 65.2 Å². The van der Waals surface area contributed by atoms with Gasteiger partial charge in [0, 0.05) is 23.4 Å². The number of rotatable bonds is 5. The number of nitriles is 1. The van der Waals surface area contributed by atoms with Gasteiger partial charge in [-0.3, -0.25) is 9.59 Å². The van der Waals surface area contributed by atoms with Crippen LogP contribution in [-0.2, 0) is 0 Å². The molecule has 0 unspecified atom stereocenters. The zero-order valence-electron chi connectivity index (χ0n) is 12.8. The molecule has 2 rings (SSSR count). The Hall–Kier alpha value is -3.13. The molecule has 0 atom stereocenters. The molecule has 0 saturated heterocycles. The van der Waals surface area contributed by atoms with Crippen LogP contribution in [0, 0.1) is 11.3 Å². The molecular weight excluding hydrogens is 290 g/mol. The van der Waals surface area contributed by atoms with Gasteiger partial charge in [-0.1, -0.05) is 6.92 Å². The van der Waals surface area contributed by atoms with E-state index < -0.39 is 0 Å². The van der Waals surface area contributed by atoms with E-state index in [1.54, 1.807) is 48.5 Å². The summed E-state index contributed by atoms with van der Waals surface area (Å²) in [6.45, 7) is 2.61. The van der Waals surface area contributed by atoms with Crippen LogP contribution in [0.4, 0.5) is 5.69 Å². The smallest absolute Gasteiger partial charge is 0.255 e. The van der Waals surface area contributed by atoms with Crippen LogP contribution in [-0.4, -0.2) is 18.4 Å². The summed E-state index contributed by atoms with van der Waals surface area (Å²) in [4.78, 5) is 23.9. The van der Waals surface area contributed by atoms with Gasteiger partial charge in [0.15, 0.2) is 0 Å². The highest BCUT2D eigenvalue weighted by molar-refractivity contribution is 6.05. The number of hydrogen-bond donors (Lipinski definition) is 2. The van der Waals surface area contributed by atoms with Crippen LogP contribution in [0.1, 0.15) is 39.6 Å². The van der Waals surface area contributed by atoms with Gasteiger partial charge in [0.25, 0.3) is 11.8 Å². The molecule has 116 valence electrons. The van der Waals surface area contributed by atoms with E-state index in [9.17, 15) is 9.59 Å². The van der Waals surface area contributed by atoms with Gasteiger partial charge in [-0.2, -0.15) is 5.26 Å². The summed E-state index contributed by atoms with van der Waals surface area (Å²) >= 11 is 0. The first kappa shape index (κ1) is 16.2. The first-order chi connectivity index (χ1) is 11.1. The number of nitrogens with zero attached hydrogens (tertiary/aromatic N) is 1. The number of anilines is 1. The van der Waals surface area contributed by atoms with Gasteiger partial charge in [0.05, 0.1) is 11.6 Å². The number of nitrogens with one attached hydrogen (secondary N) is 2. The largest absolute Gasteiger partial charge is 0.352 e. The molecule has 2 N–H and O–H groups in total. The van der Waals surface area contributed by atoms with Crippen molar-refractivity contribution in [3.8, 4) is 6.07 Å². The summed E-state index contributed by atoms with van der Waals surface area (Å²) in [7, 11) is 0. The molecular formula is C18H17N3O2. The fraction of sp³-hybridized carbons (Fsp3) is 0.167. The highest BCUT2D eigenvalue weighted by atomic mass is 16.2. The van der Waals surface area contributed by atoms with Gasteiger partial charge in [-0.05, 0) is 55.0 Å². The average Bonchev–Trinajstić information content (AvgIpc) is 2.60. The maximum atomic E-state index is 12.1. The van der Waals surface area contributed by atoms with E-state index in [1.165, 1.54) is 0 Å². The van der Waals surface area contributed by atoms with Gasteiger partial charge >= 0.3 is 0 Å². The van der Waals surface area contributed by atoms with Crippen LogP contribution in [0.2, 0.25) is 0 Å². The Morgan fingerprint density at radius 1 is 0.957 bits per heavy atom. The molecule has 0 aliphatic carbocycles. The minimum Gasteiger partial charge on any atom is -0.352 e. The summed E-state index contributed by atoms with van der Waals surface area (Å²) in [6.07, 6.45) is 0.872. The summed E-state index contributed by atoms with van der Waals surface area (Å²) in [5.74, 6) is -0.416. The van der Waals surface area contributed by atoms with E-state index in [2.05, 4.69) is 10.6 Å². The predicted molar refractivity (Wildman–Crippen MR) is 88.2 cm³/mol. The normalized spacial score (nSPS) is 9.74. The van der Waals surface area contributed by atoms with Crippen molar-refractivity contribution >= 4 is 17.5 Å². The zero-order valence-corrected chi connectivity index (χ0v) is 12.8. The second kappa shape index (κ2) is 7.76. The molecule has 0 aliphatic heterocycles. The fourth-order valence-corrected chi connectivity index (χ4v) is 1.94. The molecule has 0 saturated carbocycles. The molecule has 2 amide bonds. The second-order valence-electron chi connectivity index (χ2n) is 4.98. The Morgan fingerprint density at radius 3 is 2.04 bits per heavy atom. The van der Waals surface area contributed by atoms with Crippen molar-refractivity contribution in [2.24, 2.45) is 0 Å². The van der Waals surface area contributed by atoms with Gasteiger partial charge in [0.2, 0.25) is 0 Å². The molecule has 0 fully saturated rings. The van der Waals surface area contributed by atoms with Crippen LogP contribution in [0.3, 0.4) is 0 Å². The predicted octanol–water partition coefficient (Wildman–Crippen LogP) is 2.95. The van der Waals surface area contributed by atoms with Gasteiger partial charge in [-0.25, -0.2) is 0 Å². The summed E-state index contributed by atoms with van der Waals surface area (Å²) in [5.41, 5.74) is 2.12. The van der Waals surface area contributed by atoms with E-state index in [1.807, 2.05) is 13.0 Å². The lowest BCUT2D eigenvalue weighted by Gasteiger charge is -2.07. The quantitative estimate of drug-likeness (QED) is 0.891. The Kier molecular flexibility index (Phi) is 5.48. The lowest BCUT2D eigenvalue weighted by Crippen LogP contribution is -2.24. The summed E-state index contributed by atoms with van der Waals surface area (Å²) in [6, 6.07) is 15.1. The number of hydrogen-bond acceptors (Lipinski definition) is 3. The van der Waals surface area contributed by atoms with Crippen molar-refractivity contribution in [1.29, 1.82) is 5.26 Å². The third-order valence-corrected chi connectivity index (χ3v) is 3.22. The monoisotopic (exact) mass is 307 g/mol. The molecule has 0 radical (unpaired) electrons. The van der Waals surface area contributed by atoms with Gasteiger partial charge in [-0.15, -0.1) is 0 Å². The van der Waals surface area contributed by atoms with Crippen LogP contribution in [0.25, 0.3) is 0 Å². The molecule has 5 nitrogen and oxygen atoms in total. The van der Waals surface area contributed by atoms with Crippen LogP contribution in [0.5, 0.6) is 0 Å². The Balaban J connectivity index is 2.02. The molecule has 5 heteroatoms. The molecule has 2 aromatic carbocycles. The lowest BCUT2D eigenvalue weighted by atomic mass is 10.1. The van der Waals surface area contributed by atoms with E-state index >= 15 is 0 Å². The maximum Gasteiger partial charge on any atom is 0.255 e. The molecule has 0 heterocycles. The van der Waals surface area contributed by atoms with Crippen molar-refractivity contribution in [2.75, 3.05) is 11.9 Å². The van der Waals surface area contributed by atoms with E-state index in [0.29, 0.717) is 28.9 Å². The Labute approximate surface area is 134 Å². The highest BCUT2D eigenvalue weighted by Gasteiger charge is 2.09. The average molecular weight is 307 g/mol.